The fraction of sp³-hybridized carbons (Fsp3) is 0. The van der Waals surface area contributed by atoms with E-state index in [1.807, 2.05) is 60.7 Å². The van der Waals surface area contributed by atoms with Gasteiger partial charge in [0.25, 0.3) is 0 Å². The third-order valence-electron chi connectivity index (χ3n) is 7.87. The molecular formula is C44H26. The summed E-state index contributed by atoms with van der Waals surface area (Å²) in [6.45, 7) is 0. The standard InChI is InChI=1S/C44H26/c1-5-31-13-9-11-15-41(31)43-27-25-39(29-33(43)7-3)37-21-17-35(18-22-37)36-19-23-38(24-20-36)40-26-28-44(34(8-4)30-40)42-16-12-10-14-32(42)6-2/h1-4,9-30H. The molecule has 0 unspecified atom stereocenters. The molecule has 6 rings (SSSR count). The molecule has 6 aromatic carbocycles. The van der Waals surface area contributed by atoms with E-state index in [1.54, 1.807) is 0 Å². The van der Waals surface area contributed by atoms with Crippen LogP contribution in [-0.2, 0) is 0 Å². The molecule has 0 bridgehead atoms. The summed E-state index contributed by atoms with van der Waals surface area (Å²) in [4.78, 5) is 0. The van der Waals surface area contributed by atoms with Gasteiger partial charge in [-0.15, -0.1) is 25.7 Å². The van der Waals surface area contributed by atoms with Crippen molar-refractivity contribution in [1.29, 1.82) is 0 Å². The molecule has 0 saturated heterocycles. The number of benzene rings is 6. The van der Waals surface area contributed by atoms with Gasteiger partial charge >= 0.3 is 0 Å². The molecule has 0 fully saturated rings. The van der Waals surface area contributed by atoms with E-state index >= 15 is 0 Å². The average Bonchev–Trinajstić information content (AvgIpc) is 3.11. The monoisotopic (exact) mass is 554 g/mol. The van der Waals surface area contributed by atoms with Gasteiger partial charge in [-0.05, 0) is 79.9 Å². The predicted octanol–water partition coefficient (Wildman–Crippen LogP) is 9.95. The molecule has 0 radical (unpaired) electrons. The van der Waals surface area contributed by atoms with Gasteiger partial charge in [0.15, 0.2) is 0 Å². The van der Waals surface area contributed by atoms with Crippen LogP contribution in [0.3, 0.4) is 0 Å². The van der Waals surface area contributed by atoms with E-state index in [0.717, 1.165) is 77.9 Å². The Kier molecular flexibility index (Phi) is 7.68. The summed E-state index contributed by atoms with van der Waals surface area (Å²) in [5.74, 6) is 11.2. The molecular weight excluding hydrogens is 528 g/mol. The second-order valence-corrected chi connectivity index (χ2v) is 10.3. The smallest absolute Gasteiger partial charge is 0.0327 e. The zero-order valence-corrected chi connectivity index (χ0v) is 24.0. The maximum Gasteiger partial charge on any atom is 0.0327 e. The minimum absolute atomic E-state index is 0.811. The summed E-state index contributed by atoms with van der Waals surface area (Å²) in [5.41, 5.74) is 13.7. The summed E-state index contributed by atoms with van der Waals surface area (Å²) in [6.07, 6.45) is 23.3. The Morgan fingerprint density at radius 3 is 0.886 bits per heavy atom. The van der Waals surface area contributed by atoms with Gasteiger partial charge in [0.2, 0.25) is 0 Å². The van der Waals surface area contributed by atoms with E-state index in [-0.39, 0.29) is 0 Å². The second kappa shape index (κ2) is 12.2. The van der Waals surface area contributed by atoms with Gasteiger partial charge in [-0.1, -0.05) is 133 Å². The molecule has 0 amide bonds. The van der Waals surface area contributed by atoms with Gasteiger partial charge in [-0.3, -0.25) is 0 Å². The average molecular weight is 555 g/mol. The zero-order valence-electron chi connectivity index (χ0n) is 24.0. The van der Waals surface area contributed by atoms with E-state index in [9.17, 15) is 0 Å². The van der Waals surface area contributed by atoms with Crippen LogP contribution < -0.4 is 0 Å². The van der Waals surface area contributed by atoms with Crippen LogP contribution in [0.25, 0.3) is 55.6 Å². The topological polar surface area (TPSA) is 0 Å². The molecule has 0 N–H and O–H groups in total. The van der Waals surface area contributed by atoms with Crippen molar-refractivity contribution in [3.05, 3.63) is 156 Å². The lowest BCUT2D eigenvalue weighted by Gasteiger charge is -2.12. The molecule has 0 nitrogen and oxygen atoms in total. The molecule has 0 aromatic heterocycles. The Balaban J connectivity index is 1.24. The fourth-order valence-corrected chi connectivity index (χ4v) is 5.55. The Hall–Kier alpha value is -6.44. The van der Waals surface area contributed by atoms with Gasteiger partial charge < -0.3 is 0 Å². The van der Waals surface area contributed by atoms with Crippen molar-refractivity contribution in [2.45, 2.75) is 0 Å². The molecule has 0 aliphatic carbocycles. The Morgan fingerprint density at radius 2 is 0.545 bits per heavy atom. The fourth-order valence-electron chi connectivity index (χ4n) is 5.55. The molecule has 202 valence electrons. The lowest BCUT2D eigenvalue weighted by molar-refractivity contribution is 1.53. The van der Waals surface area contributed by atoms with E-state index in [0.29, 0.717) is 0 Å². The first-order valence-electron chi connectivity index (χ1n) is 14.2. The van der Waals surface area contributed by atoms with Crippen molar-refractivity contribution in [2.24, 2.45) is 0 Å². The molecule has 0 spiro atoms. The molecule has 0 heterocycles. The van der Waals surface area contributed by atoms with Crippen LogP contribution in [0.1, 0.15) is 22.3 Å². The van der Waals surface area contributed by atoms with Crippen molar-refractivity contribution in [1.82, 2.24) is 0 Å². The van der Waals surface area contributed by atoms with Gasteiger partial charge in [-0.2, -0.15) is 0 Å². The molecule has 6 aromatic rings. The summed E-state index contributed by atoms with van der Waals surface area (Å²) in [6, 6.07) is 45.1. The Bertz CT molecular complexity index is 2020. The lowest BCUT2D eigenvalue weighted by Crippen LogP contribution is -1.90. The van der Waals surface area contributed by atoms with Gasteiger partial charge in [-0.25, -0.2) is 0 Å². The first kappa shape index (κ1) is 27.7. The SMILES string of the molecule is C#Cc1ccccc1-c1ccc(-c2ccc(-c3ccc(-c4ccc(-c5ccccc5C#C)c(C#C)c4)cc3)cc2)cc1C#C. The molecule has 44 heavy (non-hydrogen) atoms. The third-order valence-corrected chi connectivity index (χ3v) is 7.87. The largest absolute Gasteiger partial charge is 0.115 e. The molecule has 0 aliphatic rings. The van der Waals surface area contributed by atoms with Crippen LogP contribution in [0.15, 0.2) is 133 Å². The van der Waals surface area contributed by atoms with Gasteiger partial charge in [0.05, 0.1) is 0 Å². The highest BCUT2D eigenvalue weighted by atomic mass is 14.1. The Morgan fingerprint density at radius 1 is 0.273 bits per heavy atom. The van der Waals surface area contributed by atoms with Crippen LogP contribution in [0.5, 0.6) is 0 Å². The third kappa shape index (κ3) is 5.30. The normalized spacial score (nSPS) is 10.2. The number of hydrogen-bond donors (Lipinski definition) is 0. The van der Waals surface area contributed by atoms with Crippen molar-refractivity contribution in [3.8, 4) is 105 Å². The lowest BCUT2D eigenvalue weighted by atomic mass is 9.91. The van der Waals surface area contributed by atoms with Crippen molar-refractivity contribution < 1.29 is 0 Å². The first-order valence-corrected chi connectivity index (χ1v) is 14.2. The van der Waals surface area contributed by atoms with Crippen LogP contribution in [0.4, 0.5) is 0 Å². The van der Waals surface area contributed by atoms with Gasteiger partial charge in [0.1, 0.15) is 0 Å². The van der Waals surface area contributed by atoms with Crippen molar-refractivity contribution in [2.75, 3.05) is 0 Å². The summed E-state index contributed by atoms with van der Waals surface area (Å²) < 4.78 is 0. The molecule has 0 atom stereocenters. The van der Waals surface area contributed by atoms with Gasteiger partial charge in [0, 0.05) is 22.3 Å². The highest BCUT2D eigenvalue weighted by Crippen LogP contribution is 2.34. The van der Waals surface area contributed by atoms with Crippen molar-refractivity contribution >= 4 is 0 Å². The highest BCUT2D eigenvalue weighted by Gasteiger charge is 2.11. The number of terminal acetylenes is 4. The maximum atomic E-state index is 5.92. The molecule has 0 heteroatoms. The molecule has 0 aliphatic heterocycles. The minimum atomic E-state index is 0.811. The first-order chi connectivity index (χ1) is 21.6. The quantitative estimate of drug-likeness (QED) is 0.186. The van der Waals surface area contributed by atoms with Crippen LogP contribution in [0.2, 0.25) is 0 Å². The zero-order chi connectivity index (χ0) is 30.5. The van der Waals surface area contributed by atoms with Crippen LogP contribution in [-0.4, -0.2) is 0 Å². The maximum absolute atomic E-state index is 5.92. The minimum Gasteiger partial charge on any atom is -0.115 e. The van der Waals surface area contributed by atoms with E-state index in [4.69, 9.17) is 25.7 Å². The highest BCUT2D eigenvalue weighted by molar-refractivity contribution is 5.82. The van der Waals surface area contributed by atoms with Crippen molar-refractivity contribution in [3.63, 3.8) is 0 Å². The number of rotatable bonds is 5. The van der Waals surface area contributed by atoms with E-state index in [1.165, 1.54) is 0 Å². The van der Waals surface area contributed by atoms with E-state index in [2.05, 4.69) is 96.5 Å². The predicted molar refractivity (Wildman–Crippen MR) is 185 cm³/mol. The van der Waals surface area contributed by atoms with Crippen LogP contribution >= 0.6 is 0 Å². The van der Waals surface area contributed by atoms with Crippen LogP contribution in [0, 0.1) is 49.4 Å². The second-order valence-electron chi connectivity index (χ2n) is 10.3. The molecule has 0 saturated carbocycles. The summed E-state index contributed by atoms with van der Waals surface area (Å²) in [5, 5.41) is 0. The summed E-state index contributed by atoms with van der Waals surface area (Å²) >= 11 is 0. The Labute approximate surface area is 260 Å². The van der Waals surface area contributed by atoms with E-state index < -0.39 is 0 Å². The number of hydrogen-bond acceptors (Lipinski definition) is 0. The summed E-state index contributed by atoms with van der Waals surface area (Å²) in [7, 11) is 0.